The highest BCUT2D eigenvalue weighted by atomic mass is 32.2. The number of thiocarbonyl (C=S) groups is 1. The molecule has 1 heterocycles. The molecule has 2 rings (SSSR count). The molecule has 0 aliphatic carbocycles. The zero-order chi connectivity index (χ0) is 23.0. The van der Waals surface area contributed by atoms with Gasteiger partial charge in [0.2, 0.25) is 15.0 Å². The van der Waals surface area contributed by atoms with Crippen molar-refractivity contribution < 1.29 is 8.42 Å². The van der Waals surface area contributed by atoms with E-state index in [1.165, 1.54) is 0 Å². The molecule has 0 bridgehead atoms. The molecule has 31 heavy (non-hydrogen) atoms. The van der Waals surface area contributed by atoms with Crippen molar-refractivity contribution in [2.45, 2.75) is 43.9 Å². The summed E-state index contributed by atoms with van der Waals surface area (Å²) in [7, 11) is 0.397. The van der Waals surface area contributed by atoms with E-state index >= 15 is 0 Å². The molecule has 0 aliphatic heterocycles. The fourth-order valence-electron chi connectivity index (χ4n) is 3.06. The Morgan fingerprint density at radius 1 is 1.26 bits per heavy atom. The fraction of sp³-hybridized carbons (Fsp3) is 0.455. The first kappa shape index (κ1) is 25.0. The number of hydrogen-bond acceptors (Lipinski definition) is 5. The molecule has 0 aliphatic rings. The van der Waals surface area contributed by atoms with E-state index in [9.17, 15) is 8.42 Å². The second-order valence-electron chi connectivity index (χ2n) is 8.01. The highest BCUT2D eigenvalue weighted by Gasteiger charge is 2.24. The highest BCUT2D eigenvalue weighted by Crippen LogP contribution is 2.19. The van der Waals surface area contributed by atoms with Crippen molar-refractivity contribution in [3.05, 3.63) is 60.4 Å². The largest absolute Gasteiger partial charge is 0.360 e. The van der Waals surface area contributed by atoms with Crippen molar-refractivity contribution >= 4 is 27.2 Å². The van der Waals surface area contributed by atoms with Crippen LogP contribution < -0.4 is 5.32 Å². The van der Waals surface area contributed by atoms with Gasteiger partial charge in [-0.05, 0) is 45.7 Å². The molecule has 0 saturated heterocycles. The molecule has 0 saturated carbocycles. The molecule has 1 N–H and O–H groups in total. The van der Waals surface area contributed by atoms with Gasteiger partial charge in [0.1, 0.15) is 0 Å². The topological polar surface area (TPSA) is 70.5 Å². The molecular formula is C22H33N5O2S2. The fourth-order valence-corrected chi connectivity index (χ4v) is 4.95. The molecule has 9 heteroatoms. The average Bonchev–Trinajstić information content (AvgIpc) is 3.08. The van der Waals surface area contributed by atoms with Gasteiger partial charge < -0.3 is 19.7 Å². The Hall–Kier alpha value is -2.23. The first-order chi connectivity index (χ1) is 14.6. The predicted octanol–water partition coefficient (Wildman–Crippen LogP) is 2.69. The summed E-state index contributed by atoms with van der Waals surface area (Å²) in [5, 5.41) is 3.97. The van der Waals surface area contributed by atoms with Gasteiger partial charge in [-0.15, -0.1) is 6.58 Å². The van der Waals surface area contributed by atoms with Crippen LogP contribution in [0, 0.1) is 0 Å². The van der Waals surface area contributed by atoms with Gasteiger partial charge in [0, 0.05) is 25.7 Å². The number of aromatic nitrogens is 2. The SMILES string of the molecule is C=CCn1c(CN(CCN(C)C)C(=S)NC(C)C)cnc1S(=O)(=O)Cc1ccccc1. The van der Waals surface area contributed by atoms with E-state index in [0.717, 1.165) is 17.8 Å². The molecule has 2 aromatic rings. The number of allylic oxidation sites excluding steroid dienone is 1. The summed E-state index contributed by atoms with van der Waals surface area (Å²) in [6.07, 6.45) is 3.31. The van der Waals surface area contributed by atoms with Gasteiger partial charge in [-0.1, -0.05) is 36.4 Å². The van der Waals surface area contributed by atoms with E-state index in [1.807, 2.05) is 51.0 Å². The van der Waals surface area contributed by atoms with Crippen LogP contribution in [0.2, 0.25) is 0 Å². The maximum absolute atomic E-state index is 13.1. The van der Waals surface area contributed by atoms with Gasteiger partial charge >= 0.3 is 0 Å². The third-order valence-corrected chi connectivity index (χ3v) is 6.53. The van der Waals surface area contributed by atoms with Crippen LogP contribution in [-0.2, 0) is 28.7 Å². The molecule has 1 aromatic carbocycles. The van der Waals surface area contributed by atoms with Gasteiger partial charge in [-0.3, -0.25) is 0 Å². The van der Waals surface area contributed by atoms with E-state index in [4.69, 9.17) is 12.2 Å². The summed E-state index contributed by atoms with van der Waals surface area (Å²) >= 11 is 5.61. The molecule has 0 fully saturated rings. The van der Waals surface area contributed by atoms with Gasteiger partial charge in [0.05, 0.1) is 24.2 Å². The summed E-state index contributed by atoms with van der Waals surface area (Å²) < 4.78 is 27.9. The van der Waals surface area contributed by atoms with Gasteiger partial charge in [-0.2, -0.15) is 0 Å². The molecule has 0 atom stereocenters. The lowest BCUT2D eigenvalue weighted by atomic mass is 10.2. The van der Waals surface area contributed by atoms with Crippen LogP contribution in [0.25, 0.3) is 0 Å². The van der Waals surface area contributed by atoms with Crippen LogP contribution >= 0.6 is 12.2 Å². The van der Waals surface area contributed by atoms with Crippen molar-refractivity contribution in [2.24, 2.45) is 0 Å². The number of nitrogens with one attached hydrogen (secondary N) is 1. The molecule has 170 valence electrons. The number of imidazole rings is 1. The zero-order valence-electron chi connectivity index (χ0n) is 18.8. The minimum atomic E-state index is -3.62. The molecule has 1 aromatic heterocycles. The molecule has 7 nitrogen and oxygen atoms in total. The maximum atomic E-state index is 13.1. The van der Waals surface area contributed by atoms with Crippen LogP contribution in [0.15, 0.2) is 54.3 Å². The minimum absolute atomic E-state index is 0.0570. The molecule has 0 radical (unpaired) electrons. The molecule has 0 unspecified atom stereocenters. The van der Waals surface area contributed by atoms with E-state index in [0.29, 0.717) is 24.7 Å². The summed E-state index contributed by atoms with van der Waals surface area (Å²) in [4.78, 5) is 8.42. The smallest absolute Gasteiger partial charge is 0.228 e. The Bertz CT molecular complexity index is 969. The number of rotatable bonds is 11. The van der Waals surface area contributed by atoms with E-state index < -0.39 is 9.84 Å². The lowest BCUT2D eigenvalue weighted by Gasteiger charge is -2.28. The molecule has 0 amide bonds. The summed E-state index contributed by atoms with van der Waals surface area (Å²) in [5.41, 5.74) is 1.50. The maximum Gasteiger partial charge on any atom is 0.228 e. The van der Waals surface area contributed by atoms with E-state index in [2.05, 4.69) is 21.8 Å². The van der Waals surface area contributed by atoms with Crippen LogP contribution in [-0.4, -0.2) is 66.1 Å². The number of nitrogens with zero attached hydrogens (tertiary/aromatic N) is 4. The molecule has 0 spiro atoms. The van der Waals surface area contributed by atoms with Crippen LogP contribution in [0.3, 0.4) is 0 Å². The Labute approximate surface area is 191 Å². The third kappa shape index (κ3) is 7.45. The number of sulfone groups is 1. The Morgan fingerprint density at radius 2 is 1.94 bits per heavy atom. The van der Waals surface area contributed by atoms with Gasteiger partial charge in [0.15, 0.2) is 5.11 Å². The Balaban J connectivity index is 2.33. The van der Waals surface area contributed by atoms with Crippen molar-refractivity contribution in [3.63, 3.8) is 0 Å². The normalized spacial score (nSPS) is 11.7. The Morgan fingerprint density at radius 3 is 2.52 bits per heavy atom. The Kier molecular flexibility index (Phi) is 9.21. The molecular weight excluding hydrogens is 430 g/mol. The third-order valence-electron chi connectivity index (χ3n) is 4.56. The lowest BCUT2D eigenvalue weighted by molar-refractivity contribution is 0.316. The zero-order valence-corrected chi connectivity index (χ0v) is 20.4. The van der Waals surface area contributed by atoms with Crippen molar-refractivity contribution in [1.29, 1.82) is 0 Å². The summed E-state index contributed by atoms with van der Waals surface area (Å²) in [6, 6.07) is 9.34. The van der Waals surface area contributed by atoms with E-state index in [-0.39, 0.29) is 17.0 Å². The number of benzene rings is 1. The average molecular weight is 464 g/mol. The second-order valence-corrected chi connectivity index (χ2v) is 10.3. The summed E-state index contributed by atoms with van der Waals surface area (Å²) in [6.45, 7) is 10.2. The standard InChI is InChI=1S/C22H33N5O2S2/c1-6-12-27-20(16-26(14-13-25(4)5)21(30)24-18(2)3)15-23-22(27)31(28,29)17-19-10-8-7-9-11-19/h6-11,15,18H,1,12-14,16-17H2,2-5H3,(H,24,30). The summed E-state index contributed by atoms with van der Waals surface area (Å²) in [5.74, 6) is -0.0981. The van der Waals surface area contributed by atoms with Crippen molar-refractivity contribution in [3.8, 4) is 0 Å². The monoisotopic (exact) mass is 463 g/mol. The predicted molar refractivity (Wildman–Crippen MR) is 130 cm³/mol. The number of hydrogen-bond donors (Lipinski definition) is 1. The van der Waals surface area contributed by atoms with Gasteiger partial charge in [-0.25, -0.2) is 13.4 Å². The first-order valence-electron chi connectivity index (χ1n) is 10.3. The lowest BCUT2D eigenvalue weighted by Crippen LogP contribution is -2.45. The minimum Gasteiger partial charge on any atom is -0.360 e. The first-order valence-corrected chi connectivity index (χ1v) is 12.3. The quantitative estimate of drug-likeness (QED) is 0.406. The van der Waals surface area contributed by atoms with Crippen LogP contribution in [0.4, 0.5) is 0 Å². The van der Waals surface area contributed by atoms with Gasteiger partial charge in [0.25, 0.3) is 0 Å². The van der Waals surface area contributed by atoms with Crippen molar-refractivity contribution in [1.82, 2.24) is 24.7 Å². The van der Waals surface area contributed by atoms with E-state index in [1.54, 1.807) is 29.0 Å². The van der Waals surface area contributed by atoms with Crippen molar-refractivity contribution in [2.75, 3.05) is 27.2 Å². The highest BCUT2D eigenvalue weighted by molar-refractivity contribution is 7.90. The van der Waals surface area contributed by atoms with Crippen LogP contribution in [0.5, 0.6) is 0 Å². The second kappa shape index (κ2) is 11.4. The number of likely N-dealkylation sites (N-methyl/N-ethyl adjacent to an activating group) is 1. The van der Waals surface area contributed by atoms with Crippen LogP contribution in [0.1, 0.15) is 25.1 Å².